The second kappa shape index (κ2) is 9.44. The van der Waals surface area contributed by atoms with Crippen LogP contribution < -0.4 is 10.2 Å². The summed E-state index contributed by atoms with van der Waals surface area (Å²) in [4.78, 5) is 29.0. The number of hydrogen-bond acceptors (Lipinski definition) is 3. The van der Waals surface area contributed by atoms with Crippen molar-refractivity contribution in [2.45, 2.75) is 16.3 Å². The summed E-state index contributed by atoms with van der Waals surface area (Å²) in [6, 6.07) is 24.0. The quantitative estimate of drug-likeness (QED) is 0.367. The van der Waals surface area contributed by atoms with Crippen LogP contribution in [0.25, 0.3) is 0 Å². The maximum atomic E-state index is 13.7. The lowest BCUT2D eigenvalue weighted by molar-refractivity contribution is 0.0979. The number of amides is 2. The van der Waals surface area contributed by atoms with Crippen LogP contribution in [0.2, 0.25) is 5.02 Å². The zero-order valence-electron chi connectivity index (χ0n) is 18.2. The van der Waals surface area contributed by atoms with Crippen molar-refractivity contribution in [3.63, 3.8) is 0 Å². The summed E-state index contributed by atoms with van der Waals surface area (Å²) >= 11 is 6.16. The molecular formula is C27H18ClFN2O3S. The topological polar surface area (TPSA) is 66.5 Å². The Labute approximate surface area is 208 Å². The molecule has 0 bridgehead atoms. The summed E-state index contributed by atoms with van der Waals surface area (Å²) in [5.41, 5.74) is 2.18. The molecule has 0 fully saturated rings. The van der Waals surface area contributed by atoms with Crippen molar-refractivity contribution < 1.29 is 18.2 Å². The van der Waals surface area contributed by atoms with Gasteiger partial charge < -0.3 is 10.2 Å². The molecule has 0 saturated heterocycles. The van der Waals surface area contributed by atoms with Crippen molar-refractivity contribution >= 4 is 45.6 Å². The molecule has 0 spiro atoms. The van der Waals surface area contributed by atoms with Gasteiger partial charge in [-0.25, -0.2) is 8.60 Å². The van der Waals surface area contributed by atoms with Crippen LogP contribution in [0.1, 0.15) is 26.3 Å². The first-order valence-corrected chi connectivity index (χ1v) is 12.2. The van der Waals surface area contributed by atoms with E-state index in [1.54, 1.807) is 60.7 Å². The van der Waals surface area contributed by atoms with Crippen molar-refractivity contribution in [1.29, 1.82) is 0 Å². The molecule has 0 aromatic heterocycles. The van der Waals surface area contributed by atoms with Crippen LogP contribution >= 0.6 is 11.6 Å². The van der Waals surface area contributed by atoms with E-state index in [2.05, 4.69) is 5.32 Å². The molecule has 8 heteroatoms. The van der Waals surface area contributed by atoms with Crippen molar-refractivity contribution in [3.05, 3.63) is 119 Å². The fourth-order valence-corrected chi connectivity index (χ4v) is 5.47. The number of nitrogens with one attached hydrogen (secondary N) is 1. The molecule has 5 rings (SSSR count). The highest BCUT2D eigenvalue weighted by Crippen LogP contribution is 2.36. The SMILES string of the molecule is O=C(Nc1ccc(F)cc1)c1ccc2c(c1)N(Cc1cccc(Cl)c1)C(=O)c1ccccc1[S@]2=O. The van der Waals surface area contributed by atoms with Crippen LogP contribution in [0.15, 0.2) is 101 Å². The van der Waals surface area contributed by atoms with Crippen LogP contribution in [0, 0.1) is 5.82 Å². The molecule has 4 aromatic carbocycles. The molecule has 5 nitrogen and oxygen atoms in total. The van der Waals surface area contributed by atoms with Crippen LogP contribution in [0.5, 0.6) is 0 Å². The van der Waals surface area contributed by atoms with Gasteiger partial charge in [0.1, 0.15) is 5.82 Å². The van der Waals surface area contributed by atoms with E-state index in [0.29, 0.717) is 31.8 Å². The molecule has 0 unspecified atom stereocenters. The first kappa shape index (κ1) is 23.0. The Kier molecular flexibility index (Phi) is 6.19. The number of benzene rings is 4. The standard InChI is InChI=1S/C27H18ClFN2O3S/c28-19-5-3-4-17(14-19)16-31-23-15-18(26(32)30-21-11-9-20(29)10-12-21)8-13-25(23)35(34)24-7-2-1-6-22(24)27(31)33/h1-15H,16H2,(H,30,32)/t35-/m1/s1. The van der Waals surface area contributed by atoms with E-state index in [9.17, 15) is 18.2 Å². The Morgan fingerprint density at radius 1 is 0.914 bits per heavy atom. The third-order valence-corrected chi connectivity index (χ3v) is 7.34. The van der Waals surface area contributed by atoms with E-state index in [4.69, 9.17) is 11.6 Å². The first-order chi connectivity index (χ1) is 16.9. The van der Waals surface area contributed by atoms with Crippen LogP contribution in [0.3, 0.4) is 0 Å². The summed E-state index contributed by atoms with van der Waals surface area (Å²) in [6.45, 7) is 0.168. The molecule has 1 aliphatic heterocycles. The van der Waals surface area contributed by atoms with E-state index >= 15 is 0 Å². The summed E-state index contributed by atoms with van der Waals surface area (Å²) in [7, 11) is -1.64. The van der Waals surface area contributed by atoms with Gasteiger partial charge in [0.05, 0.1) is 38.4 Å². The van der Waals surface area contributed by atoms with Crippen LogP contribution in [-0.4, -0.2) is 16.0 Å². The molecule has 0 saturated carbocycles. The number of rotatable bonds is 4. The zero-order valence-corrected chi connectivity index (χ0v) is 19.8. The van der Waals surface area contributed by atoms with Crippen molar-refractivity contribution in [1.82, 2.24) is 0 Å². The van der Waals surface area contributed by atoms with Gasteiger partial charge >= 0.3 is 0 Å². The van der Waals surface area contributed by atoms with E-state index in [0.717, 1.165) is 5.56 Å². The fourth-order valence-electron chi connectivity index (χ4n) is 3.92. The predicted molar refractivity (Wildman–Crippen MR) is 134 cm³/mol. The van der Waals surface area contributed by atoms with Gasteiger partial charge in [-0.1, -0.05) is 35.9 Å². The maximum absolute atomic E-state index is 13.7. The number of carbonyl (C=O) groups excluding carboxylic acids is 2. The molecule has 1 heterocycles. The molecule has 4 aromatic rings. The van der Waals surface area contributed by atoms with E-state index in [-0.39, 0.29) is 18.0 Å². The number of anilines is 2. The lowest BCUT2D eigenvalue weighted by atomic mass is 10.1. The number of hydrogen-bond donors (Lipinski definition) is 1. The molecule has 35 heavy (non-hydrogen) atoms. The minimum Gasteiger partial charge on any atom is -0.322 e. The first-order valence-electron chi connectivity index (χ1n) is 10.7. The molecule has 1 atom stereocenters. The minimum atomic E-state index is -1.64. The normalized spacial score (nSPS) is 14.6. The highest BCUT2D eigenvalue weighted by Gasteiger charge is 2.31. The number of fused-ring (bicyclic) bond motifs is 2. The van der Waals surface area contributed by atoms with E-state index in [1.165, 1.54) is 29.2 Å². The highest BCUT2D eigenvalue weighted by molar-refractivity contribution is 7.85. The molecule has 0 radical (unpaired) electrons. The van der Waals surface area contributed by atoms with Crippen molar-refractivity contribution in [2.75, 3.05) is 10.2 Å². The second-order valence-electron chi connectivity index (χ2n) is 7.93. The summed E-state index contributed by atoms with van der Waals surface area (Å²) < 4.78 is 26.7. The smallest absolute Gasteiger partial charge is 0.259 e. The van der Waals surface area contributed by atoms with Gasteiger partial charge in [-0.15, -0.1) is 0 Å². The zero-order chi connectivity index (χ0) is 24.5. The second-order valence-corrected chi connectivity index (χ2v) is 9.78. The predicted octanol–water partition coefficient (Wildman–Crippen LogP) is 6.06. The van der Waals surface area contributed by atoms with Crippen molar-refractivity contribution in [2.24, 2.45) is 0 Å². The Bertz CT molecular complexity index is 1490. The fraction of sp³-hybridized carbons (Fsp3) is 0.0370. The van der Waals surface area contributed by atoms with Gasteiger partial charge in [0.2, 0.25) is 0 Å². The third kappa shape index (κ3) is 4.60. The Morgan fingerprint density at radius 2 is 1.69 bits per heavy atom. The maximum Gasteiger partial charge on any atom is 0.259 e. The van der Waals surface area contributed by atoms with Gasteiger partial charge in [0, 0.05) is 16.3 Å². The molecular weight excluding hydrogens is 487 g/mol. The summed E-state index contributed by atoms with van der Waals surface area (Å²) in [5.74, 6) is -1.18. The van der Waals surface area contributed by atoms with Gasteiger partial charge in [-0.3, -0.25) is 9.59 Å². The molecule has 0 aliphatic carbocycles. The Morgan fingerprint density at radius 3 is 2.46 bits per heavy atom. The van der Waals surface area contributed by atoms with Gasteiger partial charge in [-0.05, 0) is 72.3 Å². The molecule has 174 valence electrons. The minimum absolute atomic E-state index is 0.168. The largest absolute Gasteiger partial charge is 0.322 e. The van der Waals surface area contributed by atoms with Gasteiger partial charge in [0.25, 0.3) is 11.8 Å². The monoisotopic (exact) mass is 504 g/mol. The summed E-state index contributed by atoms with van der Waals surface area (Å²) in [5, 5.41) is 3.25. The van der Waals surface area contributed by atoms with Crippen molar-refractivity contribution in [3.8, 4) is 0 Å². The van der Waals surface area contributed by atoms with E-state index < -0.39 is 22.5 Å². The van der Waals surface area contributed by atoms with Crippen LogP contribution in [-0.2, 0) is 17.3 Å². The third-order valence-electron chi connectivity index (χ3n) is 5.61. The molecule has 1 N–H and O–H groups in total. The molecule has 2 amide bonds. The number of halogens is 2. The van der Waals surface area contributed by atoms with Crippen LogP contribution in [0.4, 0.5) is 15.8 Å². The lowest BCUT2D eigenvalue weighted by Crippen LogP contribution is -2.30. The Hall–Kier alpha value is -3.81. The molecule has 1 aliphatic rings. The van der Waals surface area contributed by atoms with Gasteiger partial charge in [-0.2, -0.15) is 0 Å². The van der Waals surface area contributed by atoms with E-state index in [1.807, 2.05) is 6.07 Å². The summed E-state index contributed by atoms with van der Waals surface area (Å²) in [6.07, 6.45) is 0. The number of nitrogens with zero attached hydrogens (tertiary/aromatic N) is 1. The average Bonchev–Trinajstić information content (AvgIpc) is 2.95. The Balaban J connectivity index is 1.59. The number of carbonyl (C=O) groups is 2. The average molecular weight is 505 g/mol. The van der Waals surface area contributed by atoms with Gasteiger partial charge in [0.15, 0.2) is 0 Å². The lowest BCUT2D eigenvalue weighted by Gasteiger charge is -2.23. The highest BCUT2D eigenvalue weighted by atomic mass is 35.5.